The summed E-state index contributed by atoms with van der Waals surface area (Å²) in [5.41, 5.74) is 4.41. The fraction of sp³-hybridized carbons (Fsp3) is 0.200. The second kappa shape index (κ2) is 9.38. The molecule has 36 heavy (non-hydrogen) atoms. The number of fused-ring (bicyclic) bond motifs is 8. The maximum Gasteiger partial charge on any atom is 0.185 e. The summed E-state index contributed by atoms with van der Waals surface area (Å²) in [5, 5.41) is 0. The van der Waals surface area contributed by atoms with Crippen molar-refractivity contribution < 1.29 is 28.7 Å². The molecule has 0 saturated heterocycles. The Bertz CT molecular complexity index is 1260. The highest BCUT2D eigenvalue weighted by atomic mass is 16.5. The highest BCUT2D eigenvalue weighted by molar-refractivity contribution is 6.21. The number of ketones is 4. The molecule has 0 unspecified atom stereocenters. The minimum atomic E-state index is -0.236. The number of ether oxygens (including phenoxy) is 2. The average molecular weight is 481 g/mol. The number of Topliss-reactive ketones (excluding diaryl/α,β-unsaturated/α-hetero) is 2. The first-order valence-electron chi connectivity index (χ1n) is 11.7. The van der Waals surface area contributed by atoms with E-state index in [-0.39, 0.29) is 48.8 Å². The van der Waals surface area contributed by atoms with Crippen LogP contribution < -0.4 is 9.47 Å². The molecule has 6 nitrogen and oxygen atoms in total. The Morgan fingerprint density at radius 3 is 1.03 bits per heavy atom. The van der Waals surface area contributed by atoms with Gasteiger partial charge in [-0.1, -0.05) is 36.4 Å². The van der Waals surface area contributed by atoms with Crippen molar-refractivity contribution in [2.75, 3.05) is 14.2 Å². The molecule has 0 N–H and O–H groups in total. The molecular formula is C30H24O6. The average Bonchev–Trinajstić information content (AvgIpc) is 2.84. The van der Waals surface area contributed by atoms with Crippen LogP contribution in [0.3, 0.4) is 0 Å². The molecule has 0 spiro atoms. The van der Waals surface area contributed by atoms with Crippen LogP contribution in [0, 0.1) is 0 Å². The van der Waals surface area contributed by atoms with Gasteiger partial charge in [0.25, 0.3) is 0 Å². The zero-order chi connectivity index (χ0) is 25.4. The van der Waals surface area contributed by atoms with Gasteiger partial charge in [-0.2, -0.15) is 0 Å². The predicted octanol–water partition coefficient (Wildman–Crippen LogP) is 3.60. The number of allylic oxidation sites excluding steroid dienone is 8. The number of carbonyl (C=O) groups is 4. The molecule has 0 saturated carbocycles. The maximum absolute atomic E-state index is 13.4. The molecule has 3 aliphatic carbocycles. The van der Waals surface area contributed by atoms with Crippen LogP contribution in [0.5, 0.6) is 11.5 Å². The van der Waals surface area contributed by atoms with E-state index in [1.54, 1.807) is 0 Å². The first-order valence-corrected chi connectivity index (χ1v) is 11.7. The number of benzene rings is 2. The minimum absolute atomic E-state index is 0.190. The Hall–Kier alpha value is -4.32. The molecule has 0 atom stereocenters. The lowest BCUT2D eigenvalue weighted by atomic mass is 9.84. The van der Waals surface area contributed by atoms with Crippen LogP contribution in [0.4, 0.5) is 0 Å². The molecule has 8 bridgehead atoms. The fourth-order valence-corrected chi connectivity index (χ4v) is 5.15. The molecule has 2 aromatic rings. The molecule has 0 aliphatic heterocycles. The second-order valence-corrected chi connectivity index (χ2v) is 9.07. The highest BCUT2D eigenvalue weighted by Gasteiger charge is 2.28. The van der Waals surface area contributed by atoms with E-state index in [1.807, 2.05) is 36.4 Å². The van der Waals surface area contributed by atoms with E-state index >= 15 is 0 Å². The minimum Gasteiger partial charge on any atom is -0.496 e. The van der Waals surface area contributed by atoms with Crippen molar-refractivity contribution >= 4 is 23.1 Å². The summed E-state index contributed by atoms with van der Waals surface area (Å²) < 4.78 is 11.4. The molecule has 0 fully saturated rings. The van der Waals surface area contributed by atoms with Crippen molar-refractivity contribution in [3.63, 3.8) is 0 Å². The lowest BCUT2D eigenvalue weighted by Gasteiger charge is -2.21. The smallest absolute Gasteiger partial charge is 0.185 e. The van der Waals surface area contributed by atoms with Crippen molar-refractivity contribution in [2.24, 2.45) is 0 Å². The zero-order valence-electron chi connectivity index (χ0n) is 20.1. The van der Waals surface area contributed by atoms with Gasteiger partial charge in [0, 0.05) is 48.0 Å². The number of para-hydroxylation sites is 2. The Morgan fingerprint density at radius 2 is 0.778 bits per heavy atom. The summed E-state index contributed by atoms with van der Waals surface area (Å²) >= 11 is 0. The van der Waals surface area contributed by atoms with Crippen LogP contribution in [0.2, 0.25) is 0 Å². The van der Waals surface area contributed by atoms with Gasteiger partial charge in [0.1, 0.15) is 11.5 Å². The van der Waals surface area contributed by atoms with E-state index in [0.29, 0.717) is 33.8 Å². The molecular weight excluding hydrogens is 456 g/mol. The molecule has 0 heterocycles. The molecule has 0 aromatic heterocycles. The first kappa shape index (κ1) is 23.4. The van der Waals surface area contributed by atoms with Crippen LogP contribution in [0.15, 0.2) is 83.0 Å². The second-order valence-electron chi connectivity index (χ2n) is 9.07. The van der Waals surface area contributed by atoms with Crippen molar-refractivity contribution in [1.29, 1.82) is 0 Å². The van der Waals surface area contributed by atoms with Crippen LogP contribution in [-0.4, -0.2) is 37.4 Å². The number of hydrogen-bond donors (Lipinski definition) is 0. The summed E-state index contributed by atoms with van der Waals surface area (Å²) in [6.07, 6.45) is 6.30. The Balaban J connectivity index is 1.69. The lowest BCUT2D eigenvalue weighted by Crippen LogP contribution is -2.20. The van der Waals surface area contributed by atoms with Crippen LogP contribution in [0.25, 0.3) is 0 Å². The summed E-state index contributed by atoms with van der Waals surface area (Å²) in [4.78, 5) is 52.0. The molecule has 5 rings (SSSR count). The number of hydrogen-bond acceptors (Lipinski definition) is 6. The van der Waals surface area contributed by atoms with Gasteiger partial charge in [-0.05, 0) is 46.6 Å². The van der Waals surface area contributed by atoms with Crippen molar-refractivity contribution in [2.45, 2.75) is 25.7 Å². The van der Waals surface area contributed by atoms with Gasteiger partial charge in [0.05, 0.1) is 14.2 Å². The summed E-state index contributed by atoms with van der Waals surface area (Å²) in [6, 6.07) is 11.0. The summed E-state index contributed by atoms with van der Waals surface area (Å²) in [5.74, 6) is 0.214. The van der Waals surface area contributed by atoms with E-state index < -0.39 is 0 Å². The zero-order valence-corrected chi connectivity index (χ0v) is 20.1. The van der Waals surface area contributed by atoms with Gasteiger partial charge in [-0.15, -0.1) is 0 Å². The van der Waals surface area contributed by atoms with Crippen LogP contribution in [-0.2, 0) is 44.9 Å². The van der Waals surface area contributed by atoms with Crippen molar-refractivity contribution in [1.82, 2.24) is 0 Å². The Kier molecular flexibility index (Phi) is 6.10. The number of methoxy groups -OCH3 is 2. The van der Waals surface area contributed by atoms with Crippen LogP contribution >= 0.6 is 0 Å². The SMILES string of the molecule is COc1c2cccc1CC1=CC(=O)C=C(Cc3cccc(c3OC)CC3=CC(=O)C=C(C2)C3=O)C1=O. The molecule has 6 heteroatoms. The number of carbonyl (C=O) groups excluding carboxylic acids is 4. The standard InChI is InChI=1S/C30H24O6/c1-35-29-17-5-3-6-18(29)10-22-14-26(32)16-24(28(22)34)12-20-8-4-7-19(30(20)36-2)11-23-15-25(31)13-21(9-17)27(23)33/h3-8,13-16H,9-12H2,1-2H3. The molecule has 0 amide bonds. The van der Waals surface area contributed by atoms with E-state index in [2.05, 4.69) is 0 Å². The van der Waals surface area contributed by atoms with Gasteiger partial charge in [-0.3, -0.25) is 19.2 Å². The third-order valence-corrected chi connectivity index (χ3v) is 6.72. The van der Waals surface area contributed by atoms with Crippen molar-refractivity contribution in [3.05, 3.63) is 105 Å². The predicted molar refractivity (Wildman–Crippen MR) is 133 cm³/mol. The monoisotopic (exact) mass is 480 g/mol. The topological polar surface area (TPSA) is 86.7 Å². The summed E-state index contributed by atoms with van der Waals surface area (Å²) in [7, 11) is 3.06. The third kappa shape index (κ3) is 4.26. The third-order valence-electron chi connectivity index (χ3n) is 6.72. The quantitative estimate of drug-likeness (QED) is 0.611. The van der Waals surface area contributed by atoms with E-state index in [0.717, 1.165) is 22.3 Å². The van der Waals surface area contributed by atoms with Gasteiger partial charge in [-0.25, -0.2) is 0 Å². The highest BCUT2D eigenvalue weighted by Crippen LogP contribution is 2.34. The molecule has 2 aromatic carbocycles. The molecule has 3 aliphatic rings. The maximum atomic E-state index is 13.4. The Morgan fingerprint density at radius 1 is 0.500 bits per heavy atom. The first-order chi connectivity index (χ1) is 17.4. The van der Waals surface area contributed by atoms with Gasteiger partial charge in [0.2, 0.25) is 0 Å². The summed E-state index contributed by atoms with van der Waals surface area (Å²) in [6.45, 7) is 0. The van der Waals surface area contributed by atoms with Crippen molar-refractivity contribution in [3.8, 4) is 11.5 Å². The van der Waals surface area contributed by atoms with Crippen LogP contribution in [0.1, 0.15) is 22.3 Å². The largest absolute Gasteiger partial charge is 0.496 e. The Labute approximate surface area is 208 Å². The lowest BCUT2D eigenvalue weighted by molar-refractivity contribution is -0.115. The van der Waals surface area contributed by atoms with Gasteiger partial charge >= 0.3 is 0 Å². The normalized spacial score (nSPS) is 17.6. The number of rotatable bonds is 2. The van der Waals surface area contributed by atoms with Gasteiger partial charge < -0.3 is 9.47 Å². The van der Waals surface area contributed by atoms with E-state index in [1.165, 1.54) is 38.5 Å². The van der Waals surface area contributed by atoms with Gasteiger partial charge in [0.15, 0.2) is 23.1 Å². The van der Waals surface area contributed by atoms with E-state index in [9.17, 15) is 19.2 Å². The fourth-order valence-electron chi connectivity index (χ4n) is 5.15. The van der Waals surface area contributed by atoms with E-state index in [4.69, 9.17) is 9.47 Å². The molecule has 0 radical (unpaired) electrons. The molecule has 180 valence electrons.